The summed E-state index contributed by atoms with van der Waals surface area (Å²) in [6.45, 7) is 5.70. The number of rotatable bonds is 0. The summed E-state index contributed by atoms with van der Waals surface area (Å²) in [6.07, 6.45) is 5.24. The van der Waals surface area contributed by atoms with Crippen molar-refractivity contribution in [1.82, 2.24) is 4.98 Å². The maximum atomic E-state index is 5.80. The van der Waals surface area contributed by atoms with E-state index in [-0.39, 0.29) is 0 Å². The Kier molecular flexibility index (Phi) is 2.07. The fourth-order valence-corrected chi connectivity index (χ4v) is 1.10. The molecule has 0 N–H and O–H groups in total. The van der Waals surface area contributed by atoms with Crippen LogP contribution in [0.2, 0.25) is 5.02 Å². The summed E-state index contributed by atoms with van der Waals surface area (Å²) in [5, 5.41) is 2.50. The van der Waals surface area contributed by atoms with Crippen LogP contribution in [0.1, 0.15) is 6.92 Å². The fourth-order valence-electron chi connectivity index (χ4n) is 0.808. The molecule has 1 aromatic rings. The molecule has 1 nitrogen and oxygen atoms in total. The van der Waals surface area contributed by atoms with E-state index in [1.807, 2.05) is 13.0 Å². The lowest BCUT2D eigenvalue weighted by atomic mass is 10.3. The second-order valence-electron chi connectivity index (χ2n) is 1.98. The van der Waals surface area contributed by atoms with E-state index < -0.39 is 0 Å². The zero-order valence-electron chi connectivity index (χ0n) is 5.76. The van der Waals surface area contributed by atoms with Gasteiger partial charge in [0.1, 0.15) is 0 Å². The van der Waals surface area contributed by atoms with Crippen molar-refractivity contribution in [2.45, 2.75) is 6.92 Å². The number of nitrogens with zero attached hydrogens (tertiary/aromatic N) is 1. The van der Waals surface area contributed by atoms with E-state index in [0.29, 0.717) is 5.02 Å². The van der Waals surface area contributed by atoms with Gasteiger partial charge >= 0.3 is 0 Å². The first-order valence-corrected chi connectivity index (χ1v) is 3.38. The van der Waals surface area contributed by atoms with E-state index >= 15 is 0 Å². The van der Waals surface area contributed by atoms with Crippen LogP contribution < -0.4 is 10.4 Å². The number of hydrogen-bond donors (Lipinski definition) is 0. The largest absolute Gasteiger partial charge is 0.263 e. The maximum Gasteiger partial charge on any atom is 0.0664 e. The second kappa shape index (κ2) is 2.84. The van der Waals surface area contributed by atoms with Gasteiger partial charge in [-0.15, -0.1) is 0 Å². The Bertz CT molecular complexity index is 330. The molecule has 0 fully saturated rings. The summed E-state index contributed by atoms with van der Waals surface area (Å²) < 4.78 is 0. The highest BCUT2D eigenvalue weighted by Gasteiger charge is 1.88. The molecule has 1 rings (SSSR count). The van der Waals surface area contributed by atoms with Gasteiger partial charge in [0.2, 0.25) is 0 Å². The smallest absolute Gasteiger partial charge is 0.0664 e. The Hall–Kier alpha value is -0.820. The number of halogens is 1. The lowest BCUT2D eigenvalue weighted by Gasteiger charge is -1.89. The fraction of sp³-hybridized carbons (Fsp3) is 0.125. The van der Waals surface area contributed by atoms with E-state index in [9.17, 15) is 0 Å². The van der Waals surface area contributed by atoms with Gasteiger partial charge in [0.15, 0.2) is 0 Å². The van der Waals surface area contributed by atoms with Gasteiger partial charge in [-0.3, -0.25) is 4.98 Å². The molecule has 1 aromatic heterocycles. The van der Waals surface area contributed by atoms with Crippen LogP contribution in [0.4, 0.5) is 0 Å². The molecular weight excluding hydrogens is 146 g/mol. The van der Waals surface area contributed by atoms with Crippen LogP contribution in [-0.2, 0) is 0 Å². The standard InChI is InChI=1S/C8H8ClN/c1-3-7-6(2)4-10-5-8(7)9/h3-5H,2H2,1H3. The van der Waals surface area contributed by atoms with Gasteiger partial charge in [0.25, 0.3) is 0 Å². The molecule has 2 heteroatoms. The minimum absolute atomic E-state index is 0.662. The van der Waals surface area contributed by atoms with Crippen LogP contribution in [-0.4, -0.2) is 4.98 Å². The van der Waals surface area contributed by atoms with E-state index in [0.717, 1.165) is 10.4 Å². The Labute approximate surface area is 64.7 Å². The molecule has 0 atom stereocenters. The Morgan fingerprint density at radius 3 is 2.70 bits per heavy atom. The predicted octanol–water partition coefficient (Wildman–Crippen LogP) is 0.946. The zero-order valence-corrected chi connectivity index (χ0v) is 6.52. The van der Waals surface area contributed by atoms with E-state index in [4.69, 9.17) is 11.6 Å². The first kappa shape index (κ1) is 7.29. The summed E-state index contributed by atoms with van der Waals surface area (Å²) in [7, 11) is 0. The molecule has 0 unspecified atom stereocenters. The average molecular weight is 154 g/mol. The molecule has 0 radical (unpaired) electrons. The summed E-state index contributed by atoms with van der Waals surface area (Å²) in [6, 6.07) is 0. The molecule has 0 spiro atoms. The van der Waals surface area contributed by atoms with Crippen molar-refractivity contribution in [3.05, 3.63) is 27.9 Å². The minimum Gasteiger partial charge on any atom is -0.263 e. The van der Waals surface area contributed by atoms with Crippen molar-refractivity contribution >= 4 is 24.3 Å². The van der Waals surface area contributed by atoms with Crippen molar-refractivity contribution < 1.29 is 0 Å². The second-order valence-corrected chi connectivity index (χ2v) is 2.39. The minimum atomic E-state index is 0.662. The SMILES string of the molecule is C=c1cncc(Cl)c1=CC. The highest BCUT2D eigenvalue weighted by molar-refractivity contribution is 6.30. The molecule has 0 aromatic carbocycles. The summed E-state index contributed by atoms with van der Waals surface area (Å²) in [5.41, 5.74) is 0. The monoisotopic (exact) mass is 153 g/mol. The molecule has 0 bridgehead atoms. The van der Waals surface area contributed by atoms with Gasteiger partial charge in [-0.1, -0.05) is 24.3 Å². The molecule has 0 saturated heterocycles. The molecule has 1 heterocycles. The highest BCUT2D eigenvalue weighted by Crippen LogP contribution is 1.92. The topological polar surface area (TPSA) is 12.9 Å². The third kappa shape index (κ3) is 1.19. The van der Waals surface area contributed by atoms with Crippen molar-refractivity contribution in [3.63, 3.8) is 0 Å². The van der Waals surface area contributed by atoms with E-state index in [1.54, 1.807) is 12.4 Å². The van der Waals surface area contributed by atoms with Crippen molar-refractivity contribution in [2.24, 2.45) is 0 Å². The van der Waals surface area contributed by atoms with Gasteiger partial charge in [-0.25, -0.2) is 0 Å². The van der Waals surface area contributed by atoms with Crippen LogP contribution in [0.25, 0.3) is 12.7 Å². The lowest BCUT2D eigenvalue weighted by Crippen LogP contribution is -2.23. The van der Waals surface area contributed by atoms with Crippen molar-refractivity contribution in [1.29, 1.82) is 0 Å². The summed E-state index contributed by atoms with van der Waals surface area (Å²) >= 11 is 5.80. The van der Waals surface area contributed by atoms with Crippen molar-refractivity contribution in [3.8, 4) is 0 Å². The maximum absolute atomic E-state index is 5.80. The Morgan fingerprint density at radius 1 is 1.60 bits per heavy atom. The molecule has 0 amide bonds. The molecule has 52 valence electrons. The van der Waals surface area contributed by atoms with E-state index in [1.165, 1.54) is 0 Å². The number of aromatic nitrogens is 1. The molecular formula is C8H8ClN. The highest BCUT2D eigenvalue weighted by atomic mass is 35.5. The summed E-state index contributed by atoms with van der Waals surface area (Å²) in [5.74, 6) is 0. The van der Waals surface area contributed by atoms with Crippen LogP contribution in [0.5, 0.6) is 0 Å². The Morgan fingerprint density at radius 2 is 2.30 bits per heavy atom. The predicted molar refractivity (Wildman–Crippen MR) is 44.2 cm³/mol. The van der Waals surface area contributed by atoms with E-state index in [2.05, 4.69) is 11.6 Å². The first-order chi connectivity index (χ1) is 4.75. The van der Waals surface area contributed by atoms with Gasteiger partial charge in [-0.05, 0) is 17.4 Å². The number of pyridine rings is 1. The van der Waals surface area contributed by atoms with Gasteiger partial charge in [0.05, 0.1) is 5.02 Å². The molecule has 0 aliphatic carbocycles. The quantitative estimate of drug-likeness (QED) is 0.541. The molecule has 0 aliphatic rings. The van der Waals surface area contributed by atoms with Crippen molar-refractivity contribution in [2.75, 3.05) is 0 Å². The lowest BCUT2D eigenvalue weighted by molar-refractivity contribution is 1.28. The first-order valence-electron chi connectivity index (χ1n) is 3.00. The number of hydrogen-bond acceptors (Lipinski definition) is 1. The molecule has 0 saturated carbocycles. The third-order valence-corrected chi connectivity index (χ3v) is 1.61. The summed E-state index contributed by atoms with van der Waals surface area (Å²) in [4.78, 5) is 3.88. The van der Waals surface area contributed by atoms with Crippen LogP contribution in [0.3, 0.4) is 0 Å². The average Bonchev–Trinajstić information content (AvgIpc) is 1.88. The zero-order chi connectivity index (χ0) is 7.56. The van der Waals surface area contributed by atoms with Gasteiger partial charge < -0.3 is 0 Å². The third-order valence-electron chi connectivity index (χ3n) is 1.31. The van der Waals surface area contributed by atoms with Gasteiger partial charge in [-0.2, -0.15) is 0 Å². The van der Waals surface area contributed by atoms with Crippen LogP contribution in [0, 0.1) is 0 Å². The van der Waals surface area contributed by atoms with Crippen LogP contribution >= 0.6 is 11.6 Å². The normalized spacial score (nSPS) is 12.0. The molecule has 0 aliphatic heterocycles. The van der Waals surface area contributed by atoms with Gasteiger partial charge in [0, 0.05) is 12.4 Å². The molecule has 10 heavy (non-hydrogen) atoms. The Balaban J connectivity index is 3.63. The van der Waals surface area contributed by atoms with Crippen LogP contribution in [0.15, 0.2) is 12.4 Å².